The molecule has 0 unspecified atom stereocenters. The maximum absolute atomic E-state index is 4.51. The molecule has 3 rings (SSSR count). The lowest BCUT2D eigenvalue weighted by Crippen LogP contribution is -2.03. The zero-order valence-corrected chi connectivity index (χ0v) is 11.3. The van der Waals surface area contributed by atoms with Crippen LogP contribution in [0.3, 0.4) is 0 Å². The summed E-state index contributed by atoms with van der Waals surface area (Å²) in [6.45, 7) is 0.836. The highest BCUT2D eigenvalue weighted by atomic mass is 79.9. The molecule has 1 aromatic carbocycles. The van der Waals surface area contributed by atoms with Crippen LogP contribution in [0.4, 0.5) is 0 Å². The lowest BCUT2D eigenvalue weighted by atomic mass is 10.2. The summed E-state index contributed by atoms with van der Waals surface area (Å²) in [5, 5.41) is 5.66. The van der Waals surface area contributed by atoms with E-state index >= 15 is 0 Å². The summed E-state index contributed by atoms with van der Waals surface area (Å²) in [7, 11) is 0. The quantitative estimate of drug-likeness (QED) is 0.742. The van der Waals surface area contributed by atoms with E-state index in [2.05, 4.69) is 38.1 Å². The second-order valence-corrected chi connectivity index (χ2v) is 4.85. The van der Waals surface area contributed by atoms with Crippen molar-refractivity contribution in [3.63, 3.8) is 0 Å². The third kappa shape index (κ3) is 2.16. The van der Waals surface area contributed by atoms with Gasteiger partial charge < -0.3 is 0 Å². The summed E-state index contributed by atoms with van der Waals surface area (Å²) in [5.41, 5.74) is 2.24. The van der Waals surface area contributed by atoms with Crippen molar-refractivity contribution in [2.45, 2.75) is 13.0 Å². The summed E-state index contributed by atoms with van der Waals surface area (Å²) < 4.78 is 2.92. The molecule has 2 heterocycles. The Morgan fingerprint density at radius 2 is 1.89 bits per heavy atom. The molecule has 4 heteroatoms. The molecule has 0 saturated carbocycles. The number of benzene rings is 1. The highest BCUT2D eigenvalue weighted by Gasteiger charge is 2.07. The average Bonchev–Trinajstić information content (AvgIpc) is 2.75. The molecule has 90 valence electrons. The number of aryl methyl sites for hydroxylation is 2. The Balaban J connectivity index is 1.87. The van der Waals surface area contributed by atoms with Gasteiger partial charge in [-0.3, -0.25) is 9.67 Å². The minimum Gasteiger partial charge on any atom is -0.263 e. The van der Waals surface area contributed by atoms with Crippen LogP contribution in [-0.2, 0) is 13.0 Å². The van der Waals surface area contributed by atoms with E-state index in [0.717, 1.165) is 34.2 Å². The van der Waals surface area contributed by atoms with E-state index in [0.29, 0.717) is 0 Å². The number of nitrogens with zero attached hydrogens (tertiary/aromatic N) is 3. The predicted molar refractivity (Wildman–Crippen MR) is 75.4 cm³/mol. The van der Waals surface area contributed by atoms with Gasteiger partial charge >= 0.3 is 0 Å². The third-order valence-corrected chi connectivity index (χ3v) is 3.50. The van der Waals surface area contributed by atoms with Crippen molar-refractivity contribution in [1.29, 1.82) is 0 Å². The number of rotatable bonds is 3. The van der Waals surface area contributed by atoms with Gasteiger partial charge in [0, 0.05) is 30.2 Å². The first-order chi connectivity index (χ1) is 8.84. The minimum atomic E-state index is 0.836. The Morgan fingerprint density at radius 3 is 2.72 bits per heavy atom. The summed E-state index contributed by atoms with van der Waals surface area (Å²) in [6, 6.07) is 14.2. The zero-order valence-electron chi connectivity index (χ0n) is 9.75. The van der Waals surface area contributed by atoms with Crippen molar-refractivity contribution in [3.05, 3.63) is 59.0 Å². The van der Waals surface area contributed by atoms with Gasteiger partial charge in [-0.15, -0.1) is 0 Å². The van der Waals surface area contributed by atoms with E-state index in [1.165, 1.54) is 0 Å². The van der Waals surface area contributed by atoms with E-state index in [1.54, 1.807) is 0 Å². The third-order valence-electron chi connectivity index (χ3n) is 2.92. The molecule has 0 N–H and O–H groups in total. The van der Waals surface area contributed by atoms with E-state index in [-0.39, 0.29) is 0 Å². The van der Waals surface area contributed by atoms with Crippen LogP contribution in [0.5, 0.6) is 0 Å². The molecule has 0 atom stereocenters. The number of aromatic nitrogens is 3. The maximum Gasteiger partial charge on any atom is 0.135 e. The molecule has 2 aromatic heterocycles. The molecule has 3 nitrogen and oxygen atoms in total. The van der Waals surface area contributed by atoms with Crippen LogP contribution in [0.25, 0.3) is 10.9 Å². The second-order valence-electron chi connectivity index (χ2n) is 4.10. The lowest BCUT2D eigenvalue weighted by Gasteiger charge is -2.02. The summed E-state index contributed by atoms with van der Waals surface area (Å²) in [6.07, 6.45) is 2.71. The molecule has 0 fully saturated rings. The van der Waals surface area contributed by atoms with Gasteiger partial charge in [0.2, 0.25) is 0 Å². The minimum absolute atomic E-state index is 0.836. The van der Waals surface area contributed by atoms with Crippen molar-refractivity contribution < 1.29 is 0 Å². The number of pyridine rings is 1. The fraction of sp³-hybridized carbons (Fsp3) is 0.143. The van der Waals surface area contributed by atoms with E-state index in [9.17, 15) is 0 Å². The Kier molecular flexibility index (Phi) is 3.11. The highest BCUT2D eigenvalue weighted by Crippen LogP contribution is 2.22. The molecule has 0 bridgehead atoms. The molecular weight excluding hydrogens is 290 g/mol. The number of para-hydroxylation sites is 1. The molecule has 0 aliphatic rings. The van der Waals surface area contributed by atoms with Crippen LogP contribution in [0.1, 0.15) is 5.69 Å². The molecule has 0 aliphatic heterocycles. The van der Waals surface area contributed by atoms with Gasteiger partial charge in [0.05, 0.1) is 5.52 Å². The molecule has 0 spiro atoms. The Bertz CT molecular complexity index is 661. The van der Waals surface area contributed by atoms with Crippen molar-refractivity contribution >= 4 is 26.8 Å². The Morgan fingerprint density at radius 1 is 1.06 bits per heavy atom. The monoisotopic (exact) mass is 301 g/mol. The van der Waals surface area contributed by atoms with Crippen LogP contribution in [-0.4, -0.2) is 14.8 Å². The molecular formula is C14H12BrN3. The van der Waals surface area contributed by atoms with Gasteiger partial charge in [-0.1, -0.05) is 24.3 Å². The van der Waals surface area contributed by atoms with Gasteiger partial charge in [0.15, 0.2) is 0 Å². The highest BCUT2D eigenvalue weighted by molar-refractivity contribution is 9.10. The summed E-state index contributed by atoms with van der Waals surface area (Å²) in [5.74, 6) is 0. The summed E-state index contributed by atoms with van der Waals surface area (Å²) in [4.78, 5) is 4.33. The van der Waals surface area contributed by atoms with Crippen LogP contribution in [0.2, 0.25) is 0 Å². The smallest absolute Gasteiger partial charge is 0.135 e. The number of hydrogen-bond acceptors (Lipinski definition) is 2. The number of hydrogen-bond donors (Lipinski definition) is 0. The molecule has 0 amide bonds. The summed E-state index contributed by atoms with van der Waals surface area (Å²) >= 11 is 3.50. The van der Waals surface area contributed by atoms with Crippen molar-refractivity contribution in [2.24, 2.45) is 0 Å². The Labute approximate surface area is 114 Å². The first-order valence-corrected chi connectivity index (χ1v) is 6.65. The lowest BCUT2D eigenvalue weighted by molar-refractivity contribution is 0.624. The molecule has 0 radical (unpaired) electrons. The number of fused-ring (bicyclic) bond motifs is 1. The predicted octanol–water partition coefficient (Wildman–Crippen LogP) is 3.44. The van der Waals surface area contributed by atoms with E-state index < -0.39 is 0 Å². The molecule has 3 aromatic rings. The van der Waals surface area contributed by atoms with Gasteiger partial charge in [0.25, 0.3) is 0 Å². The maximum atomic E-state index is 4.51. The van der Waals surface area contributed by atoms with Gasteiger partial charge in [-0.25, -0.2) is 0 Å². The second kappa shape index (κ2) is 4.90. The van der Waals surface area contributed by atoms with Gasteiger partial charge in [0.1, 0.15) is 4.60 Å². The van der Waals surface area contributed by atoms with Crippen LogP contribution < -0.4 is 0 Å². The SMILES string of the molecule is Brc1nn(CCc2ccccn2)c2ccccc12. The van der Waals surface area contributed by atoms with Crippen LogP contribution in [0.15, 0.2) is 53.3 Å². The first kappa shape index (κ1) is 11.4. The Hall–Kier alpha value is -1.68. The van der Waals surface area contributed by atoms with E-state index in [1.807, 2.05) is 41.2 Å². The fourth-order valence-electron chi connectivity index (χ4n) is 2.02. The normalized spacial score (nSPS) is 10.9. The molecule has 18 heavy (non-hydrogen) atoms. The van der Waals surface area contributed by atoms with Gasteiger partial charge in [-0.2, -0.15) is 5.10 Å². The average molecular weight is 302 g/mol. The van der Waals surface area contributed by atoms with Crippen molar-refractivity contribution in [2.75, 3.05) is 0 Å². The zero-order chi connectivity index (χ0) is 12.4. The van der Waals surface area contributed by atoms with Crippen molar-refractivity contribution in [1.82, 2.24) is 14.8 Å². The standard InChI is InChI=1S/C14H12BrN3/c15-14-12-6-1-2-7-13(12)18(17-14)10-8-11-5-3-4-9-16-11/h1-7,9H,8,10H2. The fourth-order valence-corrected chi connectivity index (χ4v) is 2.55. The molecule has 0 saturated heterocycles. The van der Waals surface area contributed by atoms with E-state index in [4.69, 9.17) is 0 Å². The van der Waals surface area contributed by atoms with Crippen molar-refractivity contribution in [3.8, 4) is 0 Å². The number of halogens is 1. The topological polar surface area (TPSA) is 30.7 Å². The van der Waals surface area contributed by atoms with Crippen LogP contribution in [0, 0.1) is 0 Å². The largest absolute Gasteiger partial charge is 0.263 e. The first-order valence-electron chi connectivity index (χ1n) is 5.85. The van der Waals surface area contributed by atoms with Crippen LogP contribution >= 0.6 is 15.9 Å². The molecule has 0 aliphatic carbocycles. The van der Waals surface area contributed by atoms with Gasteiger partial charge in [-0.05, 0) is 34.1 Å².